The average molecular weight is 413 g/mol. The fourth-order valence-corrected chi connectivity index (χ4v) is 3.14. The summed E-state index contributed by atoms with van der Waals surface area (Å²) in [5, 5.41) is 2.77. The molecule has 0 radical (unpaired) electrons. The second kappa shape index (κ2) is 9.63. The third-order valence-corrected chi connectivity index (χ3v) is 4.76. The Morgan fingerprint density at radius 2 is 1.83 bits per heavy atom. The summed E-state index contributed by atoms with van der Waals surface area (Å²) in [4.78, 5) is 18.4. The number of oxazole rings is 1. The third kappa shape index (κ3) is 5.51. The molecule has 0 fully saturated rings. The summed E-state index contributed by atoms with van der Waals surface area (Å²) in [6.45, 7) is 6.19. The van der Waals surface area contributed by atoms with Gasteiger partial charge >= 0.3 is 0 Å². The molecule has 1 aromatic heterocycles. The van der Waals surface area contributed by atoms with E-state index in [1.807, 2.05) is 56.0 Å². The van der Waals surface area contributed by atoms with Crippen LogP contribution in [0.1, 0.15) is 54.3 Å². The van der Waals surface area contributed by atoms with Crippen LogP contribution in [0, 0.1) is 11.6 Å². The molecule has 0 bridgehead atoms. The molecule has 1 atom stereocenters. The van der Waals surface area contributed by atoms with E-state index < -0.39 is 11.6 Å². The van der Waals surface area contributed by atoms with Crippen LogP contribution in [0.15, 0.2) is 59.2 Å². The van der Waals surface area contributed by atoms with Gasteiger partial charge in [-0.15, -0.1) is 0 Å². The van der Waals surface area contributed by atoms with Gasteiger partial charge in [-0.1, -0.05) is 36.4 Å². The molecule has 1 amide bonds. The number of hydrogen-bond donors (Lipinski definition) is 1. The van der Waals surface area contributed by atoms with Crippen molar-refractivity contribution in [2.45, 2.75) is 45.9 Å². The van der Waals surface area contributed by atoms with Gasteiger partial charge in [-0.05, 0) is 32.4 Å². The minimum absolute atomic E-state index is 0.0197. The van der Waals surface area contributed by atoms with Crippen molar-refractivity contribution in [3.8, 4) is 0 Å². The lowest BCUT2D eigenvalue weighted by molar-refractivity contribution is 0.0938. The molecule has 0 aliphatic heterocycles. The molecule has 1 N–H and O–H groups in total. The first kappa shape index (κ1) is 21.6. The van der Waals surface area contributed by atoms with Gasteiger partial charge in [0.05, 0.1) is 6.54 Å². The molecule has 30 heavy (non-hydrogen) atoms. The van der Waals surface area contributed by atoms with E-state index in [0.29, 0.717) is 11.5 Å². The zero-order valence-electron chi connectivity index (χ0n) is 17.2. The monoisotopic (exact) mass is 413 g/mol. The molecule has 3 aromatic rings. The van der Waals surface area contributed by atoms with E-state index in [9.17, 15) is 13.6 Å². The number of carbonyl (C=O) groups is 1. The minimum atomic E-state index is -0.618. The summed E-state index contributed by atoms with van der Waals surface area (Å²) in [6.07, 6.45) is 1.32. The molecule has 0 aliphatic rings. The van der Waals surface area contributed by atoms with Gasteiger partial charge in [0.25, 0.3) is 5.91 Å². The van der Waals surface area contributed by atoms with Crippen molar-refractivity contribution < 1.29 is 18.0 Å². The lowest BCUT2D eigenvalue weighted by Gasteiger charge is -2.28. The standard InChI is InChI=1S/C23H25F2N3O2/c1-15(2)26-23(29)21-14-30-22(27-21)13-28(16(3)17-7-5-4-6-8-17)12-18-9-10-19(24)11-20(18)25/h4-11,14-16H,12-13H2,1-3H3,(H,26,29). The molecule has 7 heteroatoms. The smallest absolute Gasteiger partial charge is 0.273 e. The van der Waals surface area contributed by atoms with Crippen LogP contribution >= 0.6 is 0 Å². The Balaban J connectivity index is 1.84. The van der Waals surface area contributed by atoms with E-state index >= 15 is 0 Å². The Labute approximate surface area is 174 Å². The van der Waals surface area contributed by atoms with Crippen LogP contribution in [-0.4, -0.2) is 21.8 Å². The molecular formula is C23H25F2N3O2. The van der Waals surface area contributed by atoms with Crippen molar-refractivity contribution >= 4 is 5.91 Å². The lowest BCUT2D eigenvalue weighted by Crippen LogP contribution is -2.30. The first-order valence-corrected chi connectivity index (χ1v) is 9.81. The molecule has 0 aliphatic carbocycles. The van der Waals surface area contributed by atoms with Crippen molar-refractivity contribution in [1.82, 2.24) is 15.2 Å². The highest BCUT2D eigenvalue weighted by atomic mass is 19.1. The van der Waals surface area contributed by atoms with Crippen LogP contribution in [0.2, 0.25) is 0 Å². The number of rotatable bonds is 8. The van der Waals surface area contributed by atoms with E-state index in [1.165, 1.54) is 18.4 Å². The number of halogens is 2. The molecule has 0 saturated heterocycles. The minimum Gasteiger partial charge on any atom is -0.447 e. The van der Waals surface area contributed by atoms with Crippen molar-refractivity contribution in [1.29, 1.82) is 0 Å². The molecule has 2 aromatic carbocycles. The van der Waals surface area contributed by atoms with E-state index in [-0.39, 0.29) is 36.8 Å². The van der Waals surface area contributed by atoms with Crippen LogP contribution in [-0.2, 0) is 13.1 Å². The van der Waals surface area contributed by atoms with Crippen LogP contribution < -0.4 is 5.32 Å². The number of benzene rings is 2. The van der Waals surface area contributed by atoms with Crippen LogP contribution in [0.4, 0.5) is 8.78 Å². The number of amides is 1. The lowest BCUT2D eigenvalue weighted by atomic mass is 10.1. The van der Waals surface area contributed by atoms with Crippen molar-refractivity contribution in [2.24, 2.45) is 0 Å². The normalized spacial score (nSPS) is 12.4. The number of hydrogen-bond acceptors (Lipinski definition) is 4. The van der Waals surface area contributed by atoms with Gasteiger partial charge in [-0.2, -0.15) is 0 Å². The fraction of sp³-hybridized carbons (Fsp3) is 0.304. The van der Waals surface area contributed by atoms with Gasteiger partial charge in [0.2, 0.25) is 5.89 Å². The zero-order chi connectivity index (χ0) is 21.7. The van der Waals surface area contributed by atoms with Gasteiger partial charge in [-0.3, -0.25) is 9.69 Å². The van der Waals surface area contributed by atoms with Gasteiger partial charge in [0, 0.05) is 30.3 Å². The fourth-order valence-electron chi connectivity index (χ4n) is 3.14. The van der Waals surface area contributed by atoms with Gasteiger partial charge in [-0.25, -0.2) is 13.8 Å². The predicted molar refractivity (Wildman–Crippen MR) is 110 cm³/mol. The summed E-state index contributed by atoms with van der Waals surface area (Å²) in [7, 11) is 0. The van der Waals surface area contributed by atoms with Gasteiger partial charge in [0.1, 0.15) is 17.9 Å². The Morgan fingerprint density at radius 1 is 1.10 bits per heavy atom. The number of nitrogens with one attached hydrogen (secondary N) is 1. The Morgan fingerprint density at radius 3 is 2.50 bits per heavy atom. The Bertz CT molecular complexity index is 989. The maximum absolute atomic E-state index is 14.3. The molecule has 0 saturated carbocycles. The van der Waals surface area contributed by atoms with E-state index in [1.54, 1.807) is 0 Å². The summed E-state index contributed by atoms with van der Waals surface area (Å²) in [6, 6.07) is 13.2. The molecule has 0 spiro atoms. The maximum Gasteiger partial charge on any atom is 0.273 e. The highest BCUT2D eigenvalue weighted by Crippen LogP contribution is 2.25. The van der Waals surface area contributed by atoms with E-state index in [2.05, 4.69) is 10.3 Å². The van der Waals surface area contributed by atoms with Gasteiger partial charge in [0.15, 0.2) is 5.69 Å². The van der Waals surface area contributed by atoms with Crippen molar-refractivity contribution in [2.75, 3.05) is 0 Å². The summed E-state index contributed by atoms with van der Waals surface area (Å²) < 4.78 is 33.1. The van der Waals surface area contributed by atoms with E-state index in [0.717, 1.165) is 11.6 Å². The molecule has 5 nitrogen and oxygen atoms in total. The summed E-state index contributed by atoms with van der Waals surface area (Å²) in [5.41, 5.74) is 1.59. The quantitative estimate of drug-likeness (QED) is 0.573. The van der Waals surface area contributed by atoms with Crippen molar-refractivity contribution in [3.63, 3.8) is 0 Å². The third-order valence-electron chi connectivity index (χ3n) is 4.76. The van der Waals surface area contributed by atoms with Crippen LogP contribution in [0.5, 0.6) is 0 Å². The summed E-state index contributed by atoms with van der Waals surface area (Å²) in [5.74, 6) is -1.20. The van der Waals surface area contributed by atoms with Crippen molar-refractivity contribution in [3.05, 3.63) is 89.1 Å². The second-order valence-electron chi connectivity index (χ2n) is 7.48. The largest absolute Gasteiger partial charge is 0.447 e. The van der Waals surface area contributed by atoms with Gasteiger partial charge < -0.3 is 9.73 Å². The van der Waals surface area contributed by atoms with E-state index in [4.69, 9.17) is 4.42 Å². The summed E-state index contributed by atoms with van der Waals surface area (Å²) >= 11 is 0. The number of nitrogens with zero attached hydrogens (tertiary/aromatic N) is 2. The topological polar surface area (TPSA) is 58.4 Å². The molecule has 3 rings (SSSR count). The molecular weight excluding hydrogens is 388 g/mol. The average Bonchev–Trinajstić information content (AvgIpc) is 3.18. The predicted octanol–water partition coefficient (Wildman–Crippen LogP) is 4.85. The Hall–Kier alpha value is -3.06. The van der Waals surface area contributed by atoms with Crippen LogP contribution in [0.25, 0.3) is 0 Å². The molecule has 1 heterocycles. The van der Waals surface area contributed by atoms with Crippen LogP contribution in [0.3, 0.4) is 0 Å². The maximum atomic E-state index is 14.3. The number of carbonyl (C=O) groups excluding carboxylic acids is 1. The first-order valence-electron chi connectivity index (χ1n) is 9.81. The zero-order valence-corrected chi connectivity index (χ0v) is 17.2. The highest BCUT2D eigenvalue weighted by molar-refractivity contribution is 5.92. The second-order valence-corrected chi connectivity index (χ2v) is 7.48. The number of aromatic nitrogens is 1. The Kier molecular flexibility index (Phi) is 6.95. The molecule has 158 valence electrons. The highest BCUT2D eigenvalue weighted by Gasteiger charge is 2.21. The SMILES string of the molecule is CC(C)NC(=O)c1coc(CN(Cc2ccc(F)cc2F)C(C)c2ccccc2)n1. The first-order chi connectivity index (χ1) is 14.3. The molecule has 1 unspecified atom stereocenters.